The molecule has 0 radical (unpaired) electrons. The zero-order chi connectivity index (χ0) is 15.2. The first kappa shape index (κ1) is 14.4. The molecule has 21 heavy (non-hydrogen) atoms. The molecule has 0 spiro atoms. The minimum absolute atomic E-state index is 0.0303. The lowest BCUT2D eigenvalue weighted by molar-refractivity contribution is -0.112. The molecule has 0 unspecified atom stereocenters. The van der Waals surface area contributed by atoms with Crippen LogP contribution in [0.1, 0.15) is 5.69 Å². The van der Waals surface area contributed by atoms with Crippen molar-refractivity contribution in [2.45, 2.75) is 0 Å². The molecule has 2 rings (SSSR count). The van der Waals surface area contributed by atoms with E-state index in [1.807, 2.05) is 36.0 Å². The summed E-state index contributed by atoms with van der Waals surface area (Å²) >= 11 is 0. The second kappa shape index (κ2) is 6.44. The highest BCUT2D eigenvalue weighted by atomic mass is 16.5. The number of para-hydroxylation sites is 2. The van der Waals surface area contributed by atoms with Gasteiger partial charge in [0.15, 0.2) is 0 Å². The summed E-state index contributed by atoms with van der Waals surface area (Å²) in [7, 11) is 3.37. The Labute approximate surface area is 123 Å². The van der Waals surface area contributed by atoms with Crippen LogP contribution in [0.25, 0.3) is 6.08 Å². The van der Waals surface area contributed by atoms with Gasteiger partial charge in [0.25, 0.3) is 5.91 Å². The summed E-state index contributed by atoms with van der Waals surface area (Å²) in [4.78, 5) is 12.2. The van der Waals surface area contributed by atoms with Crippen LogP contribution < -0.4 is 10.1 Å². The highest BCUT2D eigenvalue weighted by molar-refractivity contribution is 6.10. The lowest BCUT2D eigenvalue weighted by atomic mass is 10.2. The number of hydrogen-bond acceptors (Lipinski definition) is 3. The van der Waals surface area contributed by atoms with E-state index in [4.69, 9.17) is 4.74 Å². The van der Waals surface area contributed by atoms with Crippen LogP contribution in [0.5, 0.6) is 5.75 Å². The van der Waals surface area contributed by atoms with Gasteiger partial charge in [0.05, 0.1) is 12.8 Å². The number of hydrogen-bond donors (Lipinski definition) is 1. The van der Waals surface area contributed by atoms with E-state index in [9.17, 15) is 10.1 Å². The van der Waals surface area contributed by atoms with E-state index in [2.05, 4.69) is 5.32 Å². The maximum absolute atomic E-state index is 12.2. The molecule has 1 N–H and O–H groups in total. The number of rotatable bonds is 4. The molecule has 0 bridgehead atoms. The zero-order valence-corrected chi connectivity index (χ0v) is 11.8. The van der Waals surface area contributed by atoms with E-state index in [-0.39, 0.29) is 5.57 Å². The highest BCUT2D eigenvalue weighted by Crippen LogP contribution is 2.23. The molecule has 0 aliphatic heterocycles. The Morgan fingerprint density at radius 2 is 2.10 bits per heavy atom. The number of benzene rings is 1. The monoisotopic (exact) mass is 281 g/mol. The summed E-state index contributed by atoms with van der Waals surface area (Å²) in [6.45, 7) is 0. The summed E-state index contributed by atoms with van der Waals surface area (Å²) in [6.07, 6.45) is 3.39. The van der Waals surface area contributed by atoms with E-state index in [1.54, 1.807) is 30.3 Å². The fourth-order valence-electron chi connectivity index (χ4n) is 1.86. The lowest BCUT2D eigenvalue weighted by Gasteiger charge is -2.09. The number of carbonyl (C=O) groups is 1. The average molecular weight is 281 g/mol. The molecule has 5 heteroatoms. The first-order valence-corrected chi connectivity index (χ1v) is 6.33. The molecule has 1 heterocycles. The summed E-state index contributed by atoms with van der Waals surface area (Å²) in [6, 6.07) is 12.6. The first-order valence-electron chi connectivity index (χ1n) is 6.33. The summed E-state index contributed by atoms with van der Waals surface area (Å²) < 4.78 is 6.99. The Bertz CT molecular complexity index is 723. The predicted molar refractivity (Wildman–Crippen MR) is 80.6 cm³/mol. The second-order valence-electron chi connectivity index (χ2n) is 4.37. The van der Waals surface area contributed by atoms with Gasteiger partial charge in [0.1, 0.15) is 17.4 Å². The number of nitrogens with zero attached hydrogens (tertiary/aromatic N) is 2. The van der Waals surface area contributed by atoms with Crippen LogP contribution in [0.3, 0.4) is 0 Å². The van der Waals surface area contributed by atoms with Gasteiger partial charge in [-0.15, -0.1) is 0 Å². The van der Waals surface area contributed by atoms with Gasteiger partial charge in [-0.25, -0.2) is 0 Å². The number of aromatic nitrogens is 1. The van der Waals surface area contributed by atoms with Gasteiger partial charge in [-0.1, -0.05) is 12.1 Å². The number of aryl methyl sites for hydroxylation is 1. The fraction of sp³-hybridized carbons (Fsp3) is 0.125. The maximum atomic E-state index is 12.2. The number of nitrogens with one attached hydrogen (secondary N) is 1. The first-order chi connectivity index (χ1) is 10.2. The normalized spacial score (nSPS) is 10.8. The van der Waals surface area contributed by atoms with Crippen molar-refractivity contribution in [1.82, 2.24) is 4.57 Å². The molecule has 0 atom stereocenters. The van der Waals surface area contributed by atoms with Gasteiger partial charge in [0.2, 0.25) is 0 Å². The molecule has 0 aliphatic rings. The van der Waals surface area contributed by atoms with Crippen LogP contribution in [-0.4, -0.2) is 17.6 Å². The molecule has 1 aromatic carbocycles. The van der Waals surface area contributed by atoms with Crippen molar-refractivity contribution in [3.63, 3.8) is 0 Å². The van der Waals surface area contributed by atoms with Crippen molar-refractivity contribution in [1.29, 1.82) is 5.26 Å². The molecule has 2 aromatic rings. The number of anilines is 1. The van der Waals surface area contributed by atoms with Gasteiger partial charge in [0, 0.05) is 18.9 Å². The second-order valence-corrected chi connectivity index (χ2v) is 4.37. The average Bonchev–Trinajstić information content (AvgIpc) is 2.90. The molecular formula is C16H15N3O2. The van der Waals surface area contributed by atoms with Crippen LogP contribution in [-0.2, 0) is 11.8 Å². The number of methoxy groups -OCH3 is 1. The Morgan fingerprint density at radius 3 is 2.71 bits per heavy atom. The third-order valence-corrected chi connectivity index (χ3v) is 3.00. The van der Waals surface area contributed by atoms with E-state index >= 15 is 0 Å². The van der Waals surface area contributed by atoms with Crippen LogP contribution in [0.15, 0.2) is 48.2 Å². The van der Waals surface area contributed by atoms with E-state index in [0.29, 0.717) is 11.4 Å². The Hall–Kier alpha value is -3.00. The molecule has 0 aliphatic carbocycles. The standard InChI is InChI=1S/C16H15N3O2/c1-19-9-5-6-13(19)10-12(11-17)16(20)18-14-7-3-4-8-15(14)21-2/h3-10H,1-2H3,(H,18,20)/b12-10+. The van der Waals surface area contributed by atoms with Crippen LogP contribution in [0.4, 0.5) is 5.69 Å². The highest BCUT2D eigenvalue weighted by Gasteiger charge is 2.12. The van der Waals surface area contributed by atoms with Gasteiger partial charge >= 0.3 is 0 Å². The molecule has 106 valence electrons. The van der Waals surface area contributed by atoms with Crippen molar-refractivity contribution in [2.75, 3.05) is 12.4 Å². The maximum Gasteiger partial charge on any atom is 0.266 e. The topological polar surface area (TPSA) is 67.0 Å². The van der Waals surface area contributed by atoms with E-state index < -0.39 is 5.91 Å². The predicted octanol–water partition coefficient (Wildman–Crippen LogP) is 2.58. The molecule has 1 aromatic heterocycles. The molecule has 5 nitrogen and oxygen atoms in total. The molecular weight excluding hydrogens is 266 g/mol. The zero-order valence-electron chi connectivity index (χ0n) is 11.8. The van der Waals surface area contributed by atoms with Gasteiger partial charge in [-0.05, 0) is 30.3 Å². The third-order valence-electron chi connectivity index (χ3n) is 3.00. The SMILES string of the molecule is COc1ccccc1NC(=O)/C(C#N)=C/c1cccn1C. The van der Waals surface area contributed by atoms with Crippen molar-refractivity contribution in [3.8, 4) is 11.8 Å². The van der Waals surface area contributed by atoms with Crippen molar-refractivity contribution in [2.24, 2.45) is 7.05 Å². The molecule has 0 fully saturated rings. The van der Waals surface area contributed by atoms with E-state index in [0.717, 1.165) is 5.69 Å². The number of amides is 1. The molecule has 1 amide bonds. The quantitative estimate of drug-likeness (QED) is 0.692. The number of nitriles is 1. The van der Waals surface area contributed by atoms with Crippen LogP contribution >= 0.6 is 0 Å². The minimum atomic E-state index is -0.469. The van der Waals surface area contributed by atoms with Crippen molar-refractivity contribution >= 4 is 17.7 Å². The van der Waals surface area contributed by atoms with Gasteiger partial charge in [-0.2, -0.15) is 5.26 Å². The smallest absolute Gasteiger partial charge is 0.266 e. The summed E-state index contributed by atoms with van der Waals surface area (Å²) in [5.74, 6) is 0.0743. The van der Waals surface area contributed by atoms with Crippen LogP contribution in [0.2, 0.25) is 0 Å². The summed E-state index contributed by atoms with van der Waals surface area (Å²) in [5.41, 5.74) is 1.34. The minimum Gasteiger partial charge on any atom is -0.495 e. The Balaban J connectivity index is 2.24. The third kappa shape index (κ3) is 3.31. The lowest BCUT2D eigenvalue weighted by Crippen LogP contribution is -2.14. The van der Waals surface area contributed by atoms with Crippen molar-refractivity contribution in [3.05, 3.63) is 53.9 Å². The largest absolute Gasteiger partial charge is 0.495 e. The Morgan fingerprint density at radius 1 is 1.33 bits per heavy atom. The van der Waals surface area contributed by atoms with Gasteiger partial charge < -0.3 is 14.6 Å². The van der Waals surface area contributed by atoms with E-state index in [1.165, 1.54) is 7.11 Å². The fourth-order valence-corrected chi connectivity index (χ4v) is 1.86. The van der Waals surface area contributed by atoms with Crippen LogP contribution in [0, 0.1) is 11.3 Å². The van der Waals surface area contributed by atoms with Crippen molar-refractivity contribution < 1.29 is 9.53 Å². The summed E-state index contributed by atoms with van der Waals surface area (Å²) in [5, 5.41) is 11.9. The Kier molecular flexibility index (Phi) is 4.42. The molecule has 0 saturated carbocycles. The number of ether oxygens (including phenoxy) is 1. The molecule has 0 saturated heterocycles. The van der Waals surface area contributed by atoms with Gasteiger partial charge in [-0.3, -0.25) is 4.79 Å². The number of carbonyl (C=O) groups excluding carboxylic acids is 1.